The monoisotopic (exact) mass is 549 g/mol. The van der Waals surface area contributed by atoms with E-state index in [4.69, 9.17) is 9.26 Å². The molecule has 2 aliphatic heterocycles. The van der Waals surface area contributed by atoms with Gasteiger partial charge in [-0.25, -0.2) is 13.4 Å². The molecule has 0 bridgehead atoms. The molecule has 2 unspecified atom stereocenters. The third kappa shape index (κ3) is 5.79. The highest BCUT2D eigenvalue weighted by Crippen LogP contribution is 2.57. The van der Waals surface area contributed by atoms with Crippen molar-refractivity contribution in [3.8, 4) is 0 Å². The Balaban J connectivity index is 1.55. The minimum atomic E-state index is -3.79. The molecule has 37 heavy (non-hydrogen) atoms. The van der Waals surface area contributed by atoms with Gasteiger partial charge >= 0.3 is 0 Å². The van der Waals surface area contributed by atoms with Crippen molar-refractivity contribution in [2.45, 2.75) is 121 Å². The summed E-state index contributed by atoms with van der Waals surface area (Å²) in [6.45, 7) is 8.45. The maximum Gasteiger partial charge on any atom is 0.249 e. The number of aryl methyl sites for hydroxylation is 1. The average Bonchev–Trinajstić information content (AvgIpc) is 3.50. The summed E-state index contributed by atoms with van der Waals surface area (Å²) in [5.41, 5.74) is 0.218. The highest BCUT2D eigenvalue weighted by Gasteiger charge is 2.55. The van der Waals surface area contributed by atoms with E-state index in [9.17, 15) is 8.42 Å². The zero-order valence-electron chi connectivity index (χ0n) is 22.9. The van der Waals surface area contributed by atoms with Gasteiger partial charge in [-0.2, -0.15) is 0 Å². The van der Waals surface area contributed by atoms with E-state index in [1.54, 1.807) is 16.2 Å². The molecule has 0 radical (unpaired) electrons. The third-order valence-corrected chi connectivity index (χ3v) is 13.0. The van der Waals surface area contributed by atoms with Crippen LogP contribution in [0.2, 0.25) is 0 Å². The van der Waals surface area contributed by atoms with E-state index in [1.807, 2.05) is 39.8 Å². The molecule has 2 aliphatic carbocycles. The fourth-order valence-electron chi connectivity index (χ4n) is 6.55. The van der Waals surface area contributed by atoms with Gasteiger partial charge in [-0.15, -0.1) is 4.08 Å². The molecule has 3 fully saturated rings. The Morgan fingerprint density at radius 3 is 2.16 bits per heavy atom. The van der Waals surface area contributed by atoms with Gasteiger partial charge in [0.05, 0.1) is 17.0 Å². The summed E-state index contributed by atoms with van der Waals surface area (Å²) in [5, 5.41) is 3.82. The Labute approximate surface area is 224 Å². The van der Waals surface area contributed by atoms with E-state index in [-0.39, 0.29) is 18.1 Å². The number of aliphatic imine (C=N–C) groups is 1. The van der Waals surface area contributed by atoms with Crippen molar-refractivity contribution in [1.82, 2.24) is 9.16 Å². The average molecular weight is 550 g/mol. The second-order valence-corrected chi connectivity index (χ2v) is 15.5. The lowest BCUT2D eigenvalue weighted by Gasteiger charge is -2.39. The fraction of sp³-hybridized carbons (Fsp3) is 0.750. The summed E-state index contributed by atoms with van der Waals surface area (Å²) in [5.74, 6) is 1.37. The molecule has 1 aromatic rings. The number of benzene rings is 1. The first-order valence-corrected chi connectivity index (χ1v) is 16.9. The van der Waals surface area contributed by atoms with E-state index >= 15 is 0 Å². The second-order valence-electron chi connectivity index (χ2n) is 12.0. The standard InChI is InChI=1S/C28H44N3O4PS/c1-20-15-17-24(18-16-20)37(32,33)31-26(23-13-9-6-10-14-23)25(22-11-7-5-8-12-22)30-36(31)35-28(3,4)27-29-21(2)19-34-27/h15-18,21-23,25-26,30H,5-14,19H2,1-4H3/t21-,25+,26?,36?/m0/s1. The van der Waals surface area contributed by atoms with Crippen molar-refractivity contribution >= 4 is 24.4 Å². The van der Waals surface area contributed by atoms with E-state index in [1.165, 1.54) is 38.5 Å². The zero-order chi connectivity index (χ0) is 26.2. The van der Waals surface area contributed by atoms with Crippen LogP contribution in [0.25, 0.3) is 0 Å². The predicted molar refractivity (Wildman–Crippen MR) is 149 cm³/mol. The maximum absolute atomic E-state index is 14.5. The molecule has 206 valence electrons. The van der Waals surface area contributed by atoms with Crippen LogP contribution in [0.4, 0.5) is 0 Å². The fourth-order valence-corrected chi connectivity index (χ4v) is 11.1. The van der Waals surface area contributed by atoms with Gasteiger partial charge in [0.2, 0.25) is 24.4 Å². The zero-order valence-corrected chi connectivity index (χ0v) is 24.6. The molecule has 2 saturated carbocycles. The Morgan fingerprint density at radius 2 is 1.59 bits per heavy atom. The number of ether oxygens (including phenoxy) is 1. The van der Waals surface area contributed by atoms with E-state index < -0.39 is 24.1 Å². The molecule has 0 spiro atoms. The van der Waals surface area contributed by atoms with Crippen molar-refractivity contribution in [3.63, 3.8) is 0 Å². The predicted octanol–water partition coefficient (Wildman–Crippen LogP) is 6.33. The lowest BCUT2D eigenvalue weighted by Crippen LogP contribution is -2.48. The van der Waals surface area contributed by atoms with E-state index in [0.29, 0.717) is 29.2 Å². The molecule has 0 amide bonds. The largest absolute Gasteiger partial charge is 0.477 e. The van der Waals surface area contributed by atoms with Gasteiger partial charge in [0.1, 0.15) is 12.2 Å². The van der Waals surface area contributed by atoms with Gasteiger partial charge < -0.3 is 9.26 Å². The van der Waals surface area contributed by atoms with Crippen molar-refractivity contribution < 1.29 is 17.7 Å². The summed E-state index contributed by atoms with van der Waals surface area (Å²) in [6, 6.07) is 7.37. The molecule has 2 heterocycles. The normalized spacial score (nSPS) is 30.9. The van der Waals surface area contributed by atoms with Crippen molar-refractivity contribution in [3.05, 3.63) is 29.8 Å². The molecular formula is C28H44N3O4PS. The molecule has 1 saturated heterocycles. The number of rotatable bonds is 7. The third-order valence-electron chi connectivity index (χ3n) is 8.55. The van der Waals surface area contributed by atoms with Gasteiger partial charge in [-0.05, 0) is 77.3 Å². The molecule has 9 heteroatoms. The lowest BCUT2D eigenvalue weighted by atomic mass is 9.75. The Morgan fingerprint density at radius 1 is 1.00 bits per heavy atom. The summed E-state index contributed by atoms with van der Waals surface area (Å²) < 4.78 is 43.3. The van der Waals surface area contributed by atoms with Gasteiger partial charge in [0, 0.05) is 6.04 Å². The molecule has 5 rings (SSSR count). The first-order valence-electron chi connectivity index (χ1n) is 14.2. The van der Waals surface area contributed by atoms with Crippen LogP contribution in [0.5, 0.6) is 0 Å². The number of hydrogen-bond acceptors (Lipinski definition) is 6. The molecule has 0 aromatic heterocycles. The first kappa shape index (κ1) is 27.5. The van der Waals surface area contributed by atoms with Crippen LogP contribution < -0.4 is 5.09 Å². The van der Waals surface area contributed by atoms with Crippen molar-refractivity contribution in [2.75, 3.05) is 6.61 Å². The van der Waals surface area contributed by atoms with Gasteiger partial charge in [-0.3, -0.25) is 5.09 Å². The van der Waals surface area contributed by atoms with Gasteiger partial charge in [0.25, 0.3) is 0 Å². The molecule has 7 nitrogen and oxygen atoms in total. The summed E-state index contributed by atoms with van der Waals surface area (Å²) in [7, 11) is -5.43. The highest BCUT2D eigenvalue weighted by atomic mass is 32.2. The Bertz CT molecular complexity index is 1070. The van der Waals surface area contributed by atoms with Crippen LogP contribution >= 0.6 is 8.45 Å². The quantitative estimate of drug-likeness (QED) is 0.402. The lowest BCUT2D eigenvalue weighted by molar-refractivity contribution is 0.150. The van der Waals surface area contributed by atoms with Crippen molar-refractivity contribution in [2.24, 2.45) is 16.8 Å². The molecule has 4 aliphatic rings. The van der Waals surface area contributed by atoms with Crippen LogP contribution in [-0.4, -0.2) is 48.7 Å². The Kier molecular flexibility index (Phi) is 8.34. The number of hydrogen-bond donors (Lipinski definition) is 1. The first-order chi connectivity index (χ1) is 17.7. The van der Waals surface area contributed by atoms with Crippen LogP contribution in [0.3, 0.4) is 0 Å². The highest BCUT2D eigenvalue weighted by molar-refractivity contribution is 7.94. The van der Waals surface area contributed by atoms with Crippen LogP contribution in [0, 0.1) is 18.8 Å². The minimum Gasteiger partial charge on any atom is -0.477 e. The Hall–Kier alpha value is -1.05. The SMILES string of the molecule is Cc1ccc(S(=O)(=O)N2C(C3CCCCC3)[C@@H](C3CCCCC3)NP2OC(C)(C)C2=N[C@@H](C)CO2)cc1. The maximum atomic E-state index is 14.5. The van der Waals surface area contributed by atoms with Gasteiger partial charge in [0.15, 0.2) is 0 Å². The van der Waals surface area contributed by atoms with Crippen molar-refractivity contribution in [1.29, 1.82) is 0 Å². The summed E-state index contributed by atoms with van der Waals surface area (Å²) in [6.07, 6.45) is 11.8. The molecule has 4 atom stereocenters. The summed E-state index contributed by atoms with van der Waals surface area (Å²) in [4.78, 5) is 5.01. The number of sulfonamides is 1. The summed E-state index contributed by atoms with van der Waals surface area (Å²) >= 11 is 0. The smallest absolute Gasteiger partial charge is 0.249 e. The van der Waals surface area contributed by atoms with Crippen LogP contribution in [0.1, 0.15) is 90.5 Å². The van der Waals surface area contributed by atoms with Crippen LogP contribution in [-0.2, 0) is 19.3 Å². The topological polar surface area (TPSA) is 80.2 Å². The number of nitrogens with zero attached hydrogens (tertiary/aromatic N) is 2. The minimum absolute atomic E-state index is 0.0829. The second kappa shape index (κ2) is 11.2. The molecular weight excluding hydrogens is 505 g/mol. The van der Waals surface area contributed by atoms with E-state index in [0.717, 1.165) is 31.2 Å². The number of nitrogens with one attached hydrogen (secondary N) is 1. The van der Waals surface area contributed by atoms with Gasteiger partial charge in [-0.1, -0.05) is 56.2 Å². The van der Waals surface area contributed by atoms with E-state index in [2.05, 4.69) is 10.1 Å². The molecule has 1 N–H and O–H groups in total. The molecule has 1 aromatic carbocycles. The van der Waals surface area contributed by atoms with Crippen LogP contribution in [0.15, 0.2) is 34.2 Å².